The topological polar surface area (TPSA) is 84.7 Å². The Kier molecular flexibility index (Phi) is 6.36. The summed E-state index contributed by atoms with van der Waals surface area (Å²) in [4.78, 5) is 18.3. The lowest BCUT2D eigenvalue weighted by Gasteiger charge is -2.34. The highest BCUT2D eigenvalue weighted by molar-refractivity contribution is 7.89. The molecule has 9 heteroatoms. The minimum absolute atomic E-state index is 0.0157. The number of nitrogens with zero attached hydrogens (tertiary/aromatic N) is 4. The van der Waals surface area contributed by atoms with Gasteiger partial charge in [0.1, 0.15) is 0 Å². The Morgan fingerprint density at radius 1 is 1.25 bits per heavy atom. The Morgan fingerprint density at radius 2 is 1.92 bits per heavy atom. The third kappa shape index (κ3) is 4.55. The maximum absolute atomic E-state index is 12.3. The Hall–Kier alpha value is -1.45. The van der Waals surface area contributed by atoms with Crippen molar-refractivity contribution in [3.05, 3.63) is 22.7 Å². The van der Waals surface area contributed by atoms with Crippen LogP contribution >= 0.6 is 0 Å². The molecule has 1 saturated heterocycles. The van der Waals surface area contributed by atoms with Gasteiger partial charge in [-0.3, -0.25) is 4.79 Å². The van der Waals surface area contributed by atoms with Gasteiger partial charge in [0.2, 0.25) is 10.0 Å². The van der Waals surface area contributed by atoms with Crippen molar-refractivity contribution < 1.29 is 13.2 Å². The SMILES string of the molecule is CCn1ccnc(N2CCN(S(=O)(=O)CCOC(C)C)CC2)c1=O. The van der Waals surface area contributed by atoms with Crippen molar-refractivity contribution >= 4 is 15.8 Å². The molecule has 2 heterocycles. The fourth-order valence-corrected chi connectivity index (χ4v) is 3.88. The second kappa shape index (κ2) is 8.09. The largest absolute Gasteiger partial charge is 0.378 e. The van der Waals surface area contributed by atoms with Crippen LogP contribution in [0.5, 0.6) is 0 Å². The number of rotatable bonds is 7. The van der Waals surface area contributed by atoms with Crippen molar-refractivity contribution in [2.75, 3.05) is 43.4 Å². The van der Waals surface area contributed by atoms with Gasteiger partial charge in [-0.15, -0.1) is 0 Å². The number of hydrogen-bond donors (Lipinski definition) is 0. The summed E-state index contributed by atoms with van der Waals surface area (Å²) in [5, 5.41) is 0. The predicted molar refractivity (Wildman–Crippen MR) is 92.8 cm³/mol. The van der Waals surface area contributed by atoms with E-state index in [1.165, 1.54) is 4.31 Å². The monoisotopic (exact) mass is 358 g/mol. The number of piperazine rings is 1. The van der Waals surface area contributed by atoms with E-state index in [-0.39, 0.29) is 24.0 Å². The van der Waals surface area contributed by atoms with Gasteiger partial charge >= 0.3 is 0 Å². The fourth-order valence-electron chi connectivity index (χ4n) is 2.60. The van der Waals surface area contributed by atoms with Crippen molar-refractivity contribution in [3.8, 4) is 0 Å². The molecule has 8 nitrogen and oxygen atoms in total. The first-order valence-electron chi connectivity index (χ1n) is 8.25. The zero-order valence-corrected chi connectivity index (χ0v) is 15.3. The average molecular weight is 358 g/mol. The predicted octanol–water partition coefficient (Wildman–Crippen LogP) is 0.140. The number of hydrogen-bond acceptors (Lipinski definition) is 6. The van der Waals surface area contributed by atoms with Gasteiger partial charge in [-0.1, -0.05) is 0 Å². The summed E-state index contributed by atoms with van der Waals surface area (Å²) >= 11 is 0. The lowest BCUT2D eigenvalue weighted by atomic mass is 10.3. The Morgan fingerprint density at radius 3 is 2.50 bits per heavy atom. The van der Waals surface area contributed by atoms with Gasteiger partial charge in [-0.25, -0.2) is 13.4 Å². The molecule has 1 aliphatic heterocycles. The highest BCUT2D eigenvalue weighted by atomic mass is 32.2. The highest BCUT2D eigenvalue weighted by Crippen LogP contribution is 2.12. The first-order chi connectivity index (χ1) is 11.3. The van der Waals surface area contributed by atoms with Crippen LogP contribution in [-0.4, -0.2) is 66.9 Å². The quantitative estimate of drug-likeness (QED) is 0.689. The first-order valence-corrected chi connectivity index (χ1v) is 9.86. The van der Waals surface area contributed by atoms with Crippen LogP contribution in [0.25, 0.3) is 0 Å². The van der Waals surface area contributed by atoms with Gasteiger partial charge in [0.25, 0.3) is 5.56 Å². The lowest BCUT2D eigenvalue weighted by Crippen LogP contribution is -2.51. The number of aromatic nitrogens is 2. The van der Waals surface area contributed by atoms with E-state index < -0.39 is 10.0 Å². The molecular weight excluding hydrogens is 332 g/mol. The summed E-state index contributed by atoms with van der Waals surface area (Å²) in [5.41, 5.74) is -0.137. The minimum Gasteiger partial charge on any atom is -0.378 e. The molecule has 0 N–H and O–H groups in total. The summed E-state index contributed by atoms with van der Waals surface area (Å²) in [6.45, 7) is 8.05. The van der Waals surface area contributed by atoms with E-state index in [0.717, 1.165) is 0 Å². The van der Waals surface area contributed by atoms with E-state index in [2.05, 4.69) is 4.98 Å². The van der Waals surface area contributed by atoms with Crippen molar-refractivity contribution in [1.82, 2.24) is 13.9 Å². The van der Waals surface area contributed by atoms with Crippen molar-refractivity contribution in [2.45, 2.75) is 33.4 Å². The molecule has 2 rings (SSSR count). The number of aryl methyl sites for hydroxylation is 1. The van der Waals surface area contributed by atoms with Crippen molar-refractivity contribution in [1.29, 1.82) is 0 Å². The zero-order valence-electron chi connectivity index (χ0n) is 14.5. The minimum atomic E-state index is -3.33. The molecule has 1 aromatic heterocycles. The van der Waals surface area contributed by atoms with Crippen LogP contribution in [0.15, 0.2) is 17.2 Å². The maximum atomic E-state index is 12.3. The summed E-state index contributed by atoms with van der Waals surface area (Å²) in [5.74, 6) is 0.372. The molecule has 0 aliphatic carbocycles. The summed E-state index contributed by atoms with van der Waals surface area (Å²) in [7, 11) is -3.33. The molecule has 1 fully saturated rings. The molecule has 0 saturated carbocycles. The van der Waals surface area contributed by atoms with Crippen LogP contribution in [0.1, 0.15) is 20.8 Å². The van der Waals surface area contributed by atoms with Crippen molar-refractivity contribution in [3.63, 3.8) is 0 Å². The van der Waals surface area contributed by atoms with E-state index in [9.17, 15) is 13.2 Å². The summed E-state index contributed by atoms with van der Waals surface area (Å²) < 4.78 is 33.0. The number of ether oxygens (including phenoxy) is 1. The van der Waals surface area contributed by atoms with Gasteiger partial charge in [0, 0.05) is 45.1 Å². The van der Waals surface area contributed by atoms with Crippen LogP contribution in [0, 0.1) is 0 Å². The van der Waals surface area contributed by atoms with Gasteiger partial charge in [0.05, 0.1) is 18.5 Å². The lowest BCUT2D eigenvalue weighted by molar-refractivity contribution is 0.0906. The molecule has 0 bridgehead atoms. The molecule has 136 valence electrons. The van der Waals surface area contributed by atoms with Crippen LogP contribution < -0.4 is 10.5 Å². The van der Waals surface area contributed by atoms with E-state index in [4.69, 9.17) is 4.74 Å². The first kappa shape index (κ1) is 18.9. The molecule has 1 aromatic rings. The Labute approximate surface area is 143 Å². The normalized spacial score (nSPS) is 16.8. The van der Waals surface area contributed by atoms with Crippen molar-refractivity contribution in [2.24, 2.45) is 0 Å². The van der Waals surface area contributed by atoms with Crippen LogP contribution in [0.3, 0.4) is 0 Å². The number of sulfonamides is 1. The Bertz CT molecular complexity index is 694. The van der Waals surface area contributed by atoms with E-state index in [1.807, 2.05) is 25.7 Å². The number of anilines is 1. The highest BCUT2D eigenvalue weighted by Gasteiger charge is 2.28. The van der Waals surface area contributed by atoms with E-state index in [0.29, 0.717) is 38.5 Å². The summed E-state index contributed by atoms with van der Waals surface area (Å²) in [6, 6.07) is 0. The summed E-state index contributed by atoms with van der Waals surface area (Å²) in [6.07, 6.45) is 3.27. The van der Waals surface area contributed by atoms with Gasteiger partial charge in [0.15, 0.2) is 5.82 Å². The Balaban J connectivity index is 1.97. The van der Waals surface area contributed by atoms with E-state index in [1.54, 1.807) is 17.0 Å². The third-order valence-corrected chi connectivity index (χ3v) is 5.79. The molecule has 0 aromatic carbocycles. The molecule has 0 radical (unpaired) electrons. The smallest absolute Gasteiger partial charge is 0.293 e. The molecular formula is C15H26N4O4S. The van der Waals surface area contributed by atoms with Gasteiger partial charge < -0.3 is 14.2 Å². The molecule has 0 spiro atoms. The molecule has 24 heavy (non-hydrogen) atoms. The van der Waals surface area contributed by atoms with Gasteiger partial charge in [-0.05, 0) is 20.8 Å². The second-order valence-corrected chi connectivity index (χ2v) is 8.05. The van der Waals surface area contributed by atoms with Gasteiger partial charge in [-0.2, -0.15) is 4.31 Å². The van der Waals surface area contributed by atoms with Crippen LogP contribution in [-0.2, 0) is 21.3 Å². The molecule has 0 unspecified atom stereocenters. The van der Waals surface area contributed by atoms with Crippen LogP contribution in [0.4, 0.5) is 5.82 Å². The average Bonchev–Trinajstić information content (AvgIpc) is 2.54. The zero-order chi connectivity index (χ0) is 17.7. The molecule has 0 atom stereocenters. The molecule has 1 aliphatic rings. The molecule has 0 amide bonds. The van der Waals surface area contributed by atoms with Crippen LogP contribution in [0.2, 0.25) is 0 Å². The second-order valence-electron chi connectivity index (χ2n) is 5.96. The fraction of sp³-hybridized carbons (Fsp3) is 0.733. The standard InChI is InChI=1S/C15H26N4O4S/c1-4-17-6-5-16-14(15(17)20)18-7-9-19(10-8-18)24(21,22)12-11-23-13(2)3/h5-6,13H,4,7-12H2,1-3H3. The van der Waals surface area contributed by atoms with E-state index >= 15 is 0 Å². The maximum Gasteiger partial charge on any atom is 0.293 e. The third-order valence-electron chi connectivity index (χ3n) is 3.96.